The lowest BCUT2D eigenvalue weighted by molar-refractivity contribution is -0.196. The van der Waals surface area contributed by atoms with E-state index < -0.39 is 48.9 Å². The summed E-state index contributed by atoms with van der Waals surface area (Å²) in [5.74, 6) is -1.94. The van der Waals surface area contributed by atoms with Gasteiger partial charge in [0.2, 0.25) is 0 Å². The fourth-order valence-electron chi connectivity index (χ4n) is 8.61. The molecule has 0 heterocycles. The average molecular weight is 974 g/mol. The zero-order valence-corrected chi connectivity index (χ0v) is 45.0. The van der Waals surface area contributed by atoms with E-state index in [4.69, 9.17) is 14.2 Å². The normalized spacial score (nSPS) is 13.6. The van der Waals surface area contributed by atoms with Gasteiger partial charge in [0.1, 0.15) is 6.10 Å². The fourth-order valence-corrected chi connectivity index (χ4v) is 8.61. The van der Waals surface area contributed by atoms with E-state index in [2.05, 4.69) is 57.2 Å². The van der Waals surface area contributed by atoms with Crippen LogP contribution in [-0.4, -0.2) is 65.4 Å². The summed E-state index contributed by atoms with van der Waals surface area (Å²) in [6.45, 7) is 5.91. The van der Waals surface area contributed by atoms with Crippen molar-refractivity contribution in [1.29, 1.82) is 0 Å². The number of carbonyl (C=O) groups excluding carboxylic acids is 4. The van der Waals surface area contributed by atoms with Crippen LogP contribution in [0.5, 0.6) is 0 Å². The predicted octanol–water partition coefficient (Wildman–Crippen LogP) is 16.4. The van der Waals surface area contributed by atoms with Crippen LogP contribution < -0.4 is 0 Å². The molecular weight excluding hydrogens is 865 g/mol. The van der Waals surface area contributed by atoms with Crippen molar-refractivity contribution in [3.8, 4) is 0 Å². The Morgan fingerprint density at radius 2 is 0.609 bits per heavy atom. The van der Waals surface area contributed by atoms with Crippen LogP contribution in [0.25, 0.3) is 0 Å². The lowest BCUT2D eigenvalue weighted by atomic mass is 10.0. The molecule has 2 N–H and O–H groups in total. The highest BCUT2D eigenvalue weighted by Gasteiger charge is 2.42. The molecule has 402 valence electrons. The lowest BCUT2D eigenvalue weighted by Crippen LogP contribution is -2.52. The molecule has 0 spiro atoms. The molecule has 0 aliphatic rings. The monoisotopic (exact) mass is 973 g/mol. The molecule has 9 heteroatoms. The number of unbranched alkanes of at least 4 members (excludes halogenated alkanes) is 33. The maximum atomic E-state index is 13.3. The minimum absolute atomic E-state index is 0.0495. The van der Waals surface area contributed by atoms with Crippen LogP contribution in [0.4, 0.5) is 0 Å². The van der Waals surface area contributed by atoms with E-state index in [1.54, 1.807) is 0 Å². The number of aldehydes is 1. The van der Waals surface area contributed by atoms with Gasteiger partial charge in [0.15, 0.2) is 24.6 Å². The molecule has 0 bridgehead atoms. The molecule has 0 amide bonds. The summed E-state index contributed by atoms with van der Waals surface area (Å²) < 4.78 is 17.0. The summed E-state index contributed by atoms with van der Waals surface area (Å²) in [6, 6.07) is 0. The van der Waals surface area contributed by atoms with E-state index in [1.165, 1.54) is 116 Å². The van der Waals surface area contributed by atoms with Crippen molar-refractivity contribution in [2.24, 2.45) is 0 Å². The molecule has 9 nitrogen and oxygen atoms in total. The van der Waals surface area contributed by atoms with Crippen molar-refractivity contribution in [1.82, 2.24) is 0 Å². The van der Waals surface area contributed by atoms with Gasteiger partial charge in [-0.05, 0) is 96.3 Å². The minimum Gasteiger partial charge on any atom is -0.455 e. The summed E-state index contributed by atoms with van der Waals surface area (Å²) in [5, 5.41) is 20.9. The highest BCUT2D eigenvalue weighted by Crippen LogP contribution is 2.21. The van der Waals surface area contributed by atoms with Crippen molar-refractivity contribution in [2.45, 2.75) is 315 Å². The smallest absolute Gasteiger partial charge is 0.306 e. The van der Waals surface area contributed by atoms with Gasteiger partial charge in [-0.1, -0.05) is 211 Å². The Balaban J connectivity index is 5.09. The second-order valence-corrected chi connectivity index (χ2v) is 19.8. The van der Waals surface area contributed by atoms with Gasteiger partial charge in [0.25, 0.3) is 0 Å². The molecule has 0 fully saturated rings. The highest BCUT2D eigenvalue weighted by molar-refractivity contribution is 5.74. The summed E-state index contributed by atoms with van der Waals surface area (Å²) in [7, 11) is 0. The Kier molecular flexibility index (Phi) is 50.9. The highest BCUT2D eigenvalue weighted by atomic mass is 16.6. The van der Waals surface area contributed by atoms with Crippen LogP contribution in [0, 0.1) is 0 Å². The number of rotatable bonds is 53. The molecule has 0 aliphatic heterocycles. The van der Waals surface area contributed by atoms with Crippen molar-refractivity contribution < 1.29 is 43.6 Å². The molecule has 0 unspecified atom stereocenters. The number of carbonyl (C=O) groups is 4. The summed E-state index contributed by atoms with van der Waals surface area (Å²) >= 11 is 0. The van der Waals surface area contributed by atoms with Crippen LogP contribution in [0.15, 0.2) is 36.5 Å². The summed E-state index contributed by atoms with van der Waals surface area (Å²) in [6.07, 6.45) is 51.4. The quantitative estimate of drug-likeness (QED) is 0.0201. The van der Waals surface area contributed by atoms with Crippen LogP contribution in [0.1, 0.15) is 290 Å². The largest absolute Gasteiger partial charge is 0.455 e. The zero-order chi connectivity index (χ0) is 50.5. The maximum Gasteiger partial charge on any atom is 0.306 e. The van der Waals surface area contributed by atoms with Crippen molar-refractivity contribution in [2.75, 3.05) is 6.61 Å². The number of hydrogen-bond donors (Lipinski definition) is 2. The standard InChI is InChI=1S/C60H108O9/c1-4-7-10-13-16-19-22-25-28-31-34-37-40-43-46-49-56(64)67-55(53-62)60(69-58(66)51-48-45-42-39-36-33-30-27-24-21-18-15-12-9-6-3)59(54(63)52-61)68-57(65)50-47-44-41-38-35-32-29-26-23-20-17-14-11-8-5-2/h25-30,53-55,59-61,63H,4-24,31-52H2,1-3H3/t54-,55+,59-,60-/m1/s1. The van der Waals surface area contributed by atoms with E-state index in [9.17, 15) is 29.4 Å². The third-order valence-corrected chi connectivity index (χ3v) is 13.1. The number of allylic oxidation sites excluding steroid dienone is 6. The molecule has 0 saturated carbocycles. The van der Waals surface area contributed by atoms with Gasteiger partial charge in [-0.25, -0.2) is 0 Å². The first-order valence-electron chi connectivity index (χ1n) is 29.1. The number of ether oxygens (including phenoxy) is 3. The van der Waals surface area contributed by atoms with Crippen molar-refractivity contribution >= 4 is 24.2 Å². The summed E-state index contributed by atoms with van der Waals surface area (Å²) in [5.41, 5.74) is 0. The van der Waals surface area contributed by atoms with E-state index >= 15 is 0 Å². The van der Waals surface area contributed by atoms with E-state index in [0.29, 0.717) is 25.5 Å². The van der Waals surface area contributed by atoms with E-state index in [0.717, 1.165) is 116 Å². The Hall–Kier alpha value is -2.78. The average Bonchev–Trinajstić information content (AvgIpc) is 3.35. The Morgan fingerprint density at radius 3 is 0.884 bits per heavy atom. The molecule has 0 aromatic heterocycles. The number of esters is 3. The van der Waals surface area contributed by atoms with Gasteiger partial charge in [-0.3, -0.25) is 19.2 Å². The van der Waals surface area contributed by atoms with Gasteiger partial charge in [0, 0.05) is 19.3 Å². The SMILES string of the molecule is CCCCCCCCC=CCCCCCCCC(=O)O[C@@H]([C@H](OC(=O)CCCCCCCC=CCCCCCCCC)[C@H](C=O)OC(=O)CCCCCCCC=CCCCCCCCC)[C@H](O)CO. The third kappa shape index (κ3) is 44.9. The van der Waals surface area contributed by atoms with E-state index in [-0.39, 0.29) is 19.3 Å². The third-order valence-electron chi connectivity index (χ3n) is 13.1. The number of aliphatic hydroxyl groups is 2. The van der Waals surface area contributed by atoms with Gasteiger partial charge in [-0.15, -0.1) is 0 Å². The van der Waals surface area contributed by atoms with Crippen molar-refractivity contribution in [3.05, 3.63) is 36.5 Å². The molecule has 0 aromatic carbocycles. The predicted molar refractivity (Wildman–Crippen MR) is 287 cm³/mol. The molecule has 69 heavy (non-hydrogen) atoms. The Morgan fingerprint density at radius 1 is 0.362 bits per heavy atom. The number of aliphatic hydroxyl groups excluding tert-OH is 2. The van der Waals surface area contributed by atoms with Gasteiger partial charge in [0.05, 0.1) is 6.61 Å². The fraction of sp³-hybridized carbons (Fsp3) is 0.833. The first-order valence-corrected chi connectivity index (χ1v) is 29.1. The molecule has 0 aliphatic carbocycles. The summed E-state index contributed by atoms with van der Waals surface area (Å²) in [4.78, 5) is 52.0. The second kappa shape index (κ2) is 53.0. The molecule has 0 saturated heterocycles. The molecule has 4 atom stereocenters. The zero-order valence-electron chi connectivity index (χ0n) is 45.0. The topological polar surface area (TPSA) is 136 Å². The second-order valence-electron chi connectivity index (χ2n) is 19.8. The van der Waals surface area contributed by atoms with Gasteiger partial charge >= 0.3 is 17.9 Å². The molecule has 0 aromatic rings. The Bertz CT molecular complexity index is 1240. The first-order chi connectivity index (χ1) is 33.8. The Labute approximate surface area is 424 Å². The van der Waals surface area contributed by atoms with Crippen LogP contribution in [-0.2, 0) is 33.4 Å². The number of hydrogen-bond acceptors (Lipinski definition) is 9. The van der Waals surface area contributed by atoms with Gasteiger partial charge < -0.3 is 24.4 Å². The van der Waals surface area contributed by atoms with E-state index in [1.807, 2.05) is 0 Å². The minimum atomic E-state index is -1.67. The first kappa shape index (κ1) is 66.2. The maximum absolute atomic E-state index is 13.3. The van der Waals surface area contributed by atoms with Gasteiger partial charge in [-0.2, -0.15) is 0 Å². The molecular formula is C60H108O9. The van der Waals surface area contributed by atoms with Crippen LogP contribution in [0.3, 0.4) is 0 Å². The van der Waals surface area contributed by atoms with Crippen LogP contribution in [0.2, 0.25) is 0 Å². The van der Waals surface area contributed by atoms with Crippen LogP contribution >= 0.6 is 0 Å². The van der Waals surface area contributed by atoms with Crippen molar-refractivity contribution in [3.63, 3.8) is 0 Å². The molecule has 0 rings (SSSR count). The lowest BCUT2D eigenvalue weighted by Gasteiger charge is -2.32. The molecule has 0 radical (unpaired) electrons.